The topological polar surface area (TPSA) is 77.8 Å². The summed E-state index contributed by atoms with van der Waals surface area (Å²) < 4.78 is 5.58. The van der Waals surface area contributed by atoms with Crippen molar-refractivity contribution in [2.75, 3.05) is 39.3 Å². The Morgan fingerprint density at radius 1 is 1.03 bits per heavy atom. The van der Waals surface area contributed by atoms with Crippen LogP contribution in [0.2, 0.25) is 0 Å². The predicted molar refractivity (Wildman–Crippen MR) is 116 cm³/mol. The van der Waals surface area contributed by atoms with Crippen LogP contribution in [-0.4, -0.2) is 66.4 Å². The van der Waals surface area contributed by atoms with E-state index < -0.39 is 0 Å². The maximum Gasteiger partial charge on any atom is 0.236 e. The van der Waals surface area contributed by atoms with E-state index in [1.54, 1.807) is 6.26 Å². The number of carbonyl (C=O) groups is 2. The Balaban J connectivity index is 1.49. The molecule has 1 aromatic heterocycles. The van der Waals surface area contributed by atoms with E-state index in [0.717, 1.165) is 11.3 Å². The molecule has 0 saturated carbocycles. The lowest BCUT2D eigenvalue weighted by Crippen LogP contribution is -2.54. The van der Waals surface area contributed by atoms with Gasteiger partial charge in [0.15, 0.2) is 0 Å². The van der Waals surface area contributed by atoms with Crippen molar-refractivity contribution < 1.29 is 14.0 Å². The van der Waals surface area contributed by atoms with Crippen LogP contribution in [0.1, 0.15) is 38.1 Å². The SMILES string of the molecule is CC(C)(C)NC(=O)CN1CCN(C(=O)CN[C@@H](c2ccccc2)c2ccco2)CC1. The molecule has 7 nitrogen and oxygen atoms in total. The molecule has 1 aromatic carbocycles. The number of rotatable bonds is 7. The van der Waals surface area contributed by atoms with Crippen LogP contribution in [0.3, 0.4) is 0 Å². The summed E-state index contributed by atoms with van der Waals surface area (Å²) in [4.78, 5) is 28.8. The highest BCUT2D eigenvalue weighted by molar-refractivity contribution is 5.79. The third kappa shape index (κ3) is 6.43. The minimum Gasteiger partial charge on any atom is -0.467 e. The molecular formula is C23H32N4O3. The average Bonchev–Trinajstić information content (AvgIpc) is 3.22. The van der Waals surface area contributed by atoms with Crippen molar-refractivity contribution in [1.29, 1.82) is 0 Å². The Morgan fingerprint density at radius 2 is 1.73 bits per heavy atom. The molecule has 2 aromatic rings. The molecule has 0 radical (unpaired) electrons. The summed E-state index contributed by atoms with van der Waals surface area (Å²) >= 11 is 0. The van der Waals surface area contributed by atoms with Gasteiger partial charge in [0.2, 0.25) is 11.8 Å². The zero-order valence-electron chi connectivity index (χ0n) is 18.1. The molecule has 0 bridgehead atoms. The lowest BCUT2D eigenvalue weighted by Gasteiger charge is -2.35. The second-order valence-electron chi connectivity index (χ2n) is 8.70. The molecule has 162 valence electrons. The first-order valence-electron chi connectivity index (χ1n) is 10.4. The predicted octanol–water partition coefficient (Wildman–Crippen LogP) is 2.02. The normalized spacial score (nSPS) is 16.3. The summed E-state index contributed by atoms with van der Waals surface area (Å²) in [6, 6.07) is 13.5. The second kappa shape index (κ2) is 9.91. The maximum absolute atomic E-state index is 12.8. The van der Waals surface area contributed by atoms with Crippen molar-refractivity contribution in [2.45, 2.75) is 32.4 Å². The number of nitrogens with one attached hydrogen (secondary N) is 2. The molecule has 0 unspecified atom stereocenters. The number of nitrogens with zero attached hydrogens (tertiary/aromatic N) is 2. The van der Waals surface area contributed by atoms with Gasteiger partial charge in [-0.3, -0.25) is 19.8 Å². The lowest BCUT2D eigenvalue weighted by atomic mass is 10.0. The molecule has 1 atom stereocenters. The molecule has 2 amide bonds. The van der Waals surface area contributed by atoms with Crippen molar-refractivity contribution in [3.05, 3.63) is 60.1 Å². The van der Waals surface area contributed by atoms with Gasteiger partial charge in [-0.05, 0) is 38.5 Å². The van der Waals surface area contributed by atoms with Gasteiger partial charge in [0.25, 0.3) is 0 Å². The molecular weight excluding hydrogens is 380 g/mol. The molecule has 1 aliphatic heterocycles. The molecule has 0 spiro atoms. The smallest absolute Gasteiger partial charge is 0.236 e. The third-order valence-corrected chi connectivity index (χ3v) is 5.02. The van der Waals surface area contributed by atoms with Crippen molar-refractivity contribution in [3.8, 4) is 0 Å². The van der Waals surface area contributed by atoms with E-state index in [-0.39, 0.29) is 29.9 Å². The summed E-state index contributed by atoms with van der Waals surface area (Å²) in [5, 5.41) is 6.32. The fourth-order valence-corrected chi connectivity index (χ4v) is 3.60. The van der Waals surface area contributed by atoms with Gasteiger partial charge in [-0.2, -0.15) is 0 Å². The summed E-state index contributed by atoms with van der Waals surface area (Å²) in [6.45, 7) is 9.16. The van der Waals surface area contributed by atoms with Crippen LogP contribution in [0.4, 0.5) is 0 Å². The zero-order chi connectivity index (χ0) is 21.6. The van der Waals surface area contributed by atoms with Gasteiger partial charge in [0.05, 0.1) is 25.4 Å². The first-order chi connectivity index (χ1) is 14.3. The lowest BCUT2D eigenvalue weighted by molar-refractivity contribution is -0.132. The molecule has 1 fully saturated rings. The van der Waals surface area contributed by atoms with E-state index in [4.69, 9.17) is 4.42 Å². The number of benzene rings is 1. The van der Waals surface area contributed by atoms with Crippen molar-refractivity contribution >= 4 is 11.8 Å². The maximum atomic E-state index is 12.8. The molecule has 0 aliphatic carbocycles. The van der Waals surface area contributed by atoms with Crippen molar-refractivity contribution in [2.24, 2.45) is 0 Å². The van der Waals surface area contributed by atoms with Gasteiger partial charge < -0.3 is 14.6 Å². The summed E-state index contributed by atoms with van der Waals surface area (Å²) in [5.74, 6) is 0.859. The van der Waals surface area contributed by atoms with Crippen LogP contribution < -0.4 is 10.6 Å². The Morgan fingerprint density at radius 3 is 2.33 bits per heavy atom. The summed E-state index contributed by atoms with van der Waals surface area (Å²) in [7, 11) is 0. The van der Waals surface area contributed by atoms with E-state index in [2.05, 4.69) is 15.5 Å². The van der Waals surface area contributed by atoms with E-state index in [1.165, 1.54) is 0 Å². The highest BCUT2D eigenvalue weighted by atomic mass is 16.3. The van der Waals surface area contributed by atoms with Crippen LogP contribution in [0, 0.1) is 0 Å². The van der Waals surface area contributed by atoms with Gasteiger partial charge in [0.1, 0.15) is 5.76 Å². The fraction of sp³-hybridized carbons (Fsp3) is 0.478. The number of hydrogen-bond acceptors (Lipinski definition) is 5. The van der Waals surface area contributed by atoms with E-state index in [1.807, 2.05) is 68.1 Å². The van der Waals surface area contributed by atoms with Crippen LogP contribution in [0.5, 0.6) is 0 Å². The monoisotopic (exact) mass is 412 g/mol. The second-order valence-corrected chi connectivity index (χ2v) is 8.70. The first kappa shape index (κ1) is 22.1. The van der Waals surface area contributed by atoms with Gasteiger partial charge in [-0.15, -0.1) is 0 Å². The first-order valence-corrected chi connectivity index (χ1v) is 10.4. The van der Waals surface area contributed by atoms with E-state index in [0.29, 0.717) is 32.7 Å². The van der Waals surface area contributed by atoms with Gasteiger partial charge in [-0.1, -0.05) is 30.3 Å². The van der Waals surface area contributed by atoms with Crippen LogP contribution >= 0.6 is 0 Å². The summed E-state index contributed by atoms with van der Waals surface area (Å²) in [5.41, 5.74) is 0.819. The largest absolute Gasteiger partial charge is 0.467 e. The molecule has 7 heteroatoms. The number of amides is 2. The minimum atomic E-state index is -0.232. The van der Waals surface area contributed by atoms with Crippen LogP contribution in [-0.2, 0) is 9.59 Å². The number of furan rings is 1. The quantitative estimate of drug-likeness (QED) is 0.728. The van der Waals surface area contributed by atoms with Crippen molar-refractivity contribution in [3.63, 3.8) is 0 Å². The molecule has 30 heavy (non-hydrogen) atoms. The van der Waals surface area contributed by atoms with Gasteiger partial charge >= 0.3 is 0 Å². The number of carbonyl (C=O) groups excluding carboxylic acids is 2. The molecule has 1 aliphatic rings. The Kier molecular flexibility index (Phi) is 7.29. The fourth-order valence-electron chi connectivity index (χ4n) is 3.60. The molecule has 2 heterocycles. The van der Waals surface area contributed by atoms with Gasteiger partial charge in [-0.25, -0.2) is 0 Å². The minimum absolute atomic E-state index is 0.0214. The van der Waals surface area contributed by atoms with E-state index >= 15 is 0 Å². The highest BCUT2D eigenvalue weighted by Gasteiger charge is 2.25. The zero-order valence-corrected chi connectivity index (χ0v) is 18.1. The average molecular weight is 413 g/mol. The van der Waals surface area contributed by atoms with Crippen molar-refractivity contribution in [1.82, 2.24) is 20.4 Å². The Labute approximate surface area is 178 Å². The Bertz CT molecular complexity index is 807. The molecule has 1 saturated heterocycles. The summed E-state index contributed by atoms with van der Waals surface area (Å²) in [6.07, 6.45) is 1.64. The molecule has 2 N–H and O–H groups in total. The molecule has 3 rings (SSSR count). The van der Waals surface area contributed by atoms with E-state index in [9.17, 15) is 9.59 Å². The third-order valence-electron chi connectivity index (χ3n) is 5.02. The number of piperazine rings is 1. The Hall–Kier alpha value is -2.64. The number of hydrogen-bond donors (Lipinski definition) is 2. The van der Waals surface area contributed by atoms with Crippen LogP contribution in [0.15, 0.2) is 53.1 Å². The highest BCUT2D eigenvalue weighted by Crippen LogP contribution is 2.22. The van der Waals surface area contributed by atoms with Gasteiger partial charge in [0, 0.05) is 31.7 Å². The van der Waals surface area contributed by atoms with Crippen LogP contribution in [0.25, 0.3) is 0 Å². The standard InChI is InChI=1S/C23H32N4O3/c1-23(2,3)25-20(28)17-26-11-13-27(14-12-26)21(29)16-24-22(19-10-7-15-30-19)18-8-5-4-6-9-18/h4-10,15,22,24H,11-14,16-17H2,1-3H3,(H,25,28)/t22-/m0/s1.